The molecule has 0 aromatic heterocycles. The molecule has 0 saturated carbocycles. The van der Waals surface area contributed by atoms with Gasteiger partial charge in [-0.2, -0.15) is 17.0 Å². The molecule has 0 saturated heterocycles. The van der Waals surface area contributed by atoms with Crippen LogP contribution in [0.2, 0.25) is 0 Å². The average molecular weight is 265 g/mol. The molecule has 17 heavy (non-hydrogen) atoms. The SMILES string of the molecule is CNCCCN(C)S(=O)(=O)N(C)CC(C)(C)C. The van der Waals surface area contributed by atoms with Gasteiger partial charge in [0.15, 0.2) is 0 Å². The number of hydrogen-bond donors (Lipinski definition) is 1. The lowest BCUT2D eigenvalue weighted by atomic mass is 9.97. The lowest BCUT2D eigenvalue weighted by Crippen LogP contribution is -2.43. The van der Waals surface area contributed by atoms with Gasteiger partial charge in [0.05, 0.1) is 0 Å². The summed E-state index contributed by atoms with van der Waals surface area (Å²) in [5, 5.41) is 3.01. The fraction of sp³-hybridized carbons (Fsp3) is 1.00. The summed E-state index contributed by atoms with van der Waals surface area (Å²) in [4.78, 5) is 0. The first-order valence-electron chi connectivity index (χ1n) is 5.93. The van der Waals surface area contributed by atoms with Gasteiger partial charge in [0.2, 0.25) is 0 Å². The third-order valence-corrected chi connectivity index (χ3v) is 4.27. The first kappa shape index (κ1) is 16.8. The van der Waals surface area contributed by atoms with Gasteiger partial charge in [0.25, 0.3) is 10.2 Å². The van der Waals surface area contributed by atoms with E-state index in [9.17, 15) is 8.42 Å². The molecule has 0 heterocycles. The molecule has 0 aliphatic carbocycles. The van der Waals surface area contributed by atoms with E-state index in [1.807, 2.05) is 27.8 Å². The summed E-state index contributed by atoms with van der Waals surface area (Å²) < 4.78 is 27.1. The maximum Gasteiger partial charge on any atom is 0.281 e. The minimum atomic E-state index is -3.31. The molecule has 1 N–H and O–H groups in total. The van der Waals surface area contributed by atoms with Crippen molar-refractivity contribution in [2.75, 3.05) is 40.8 Å². The highest BCUT2D eigenvalue weighted by molar-refractivity contribution is 7.86. The molecule has 5 nitrogen and oxygen atoms in total. The zero-order chi connectivity index (χ0) is 13.7. The van der Waals surface area contributed by atoms with Crippen molar-refractivity contribution < 1.29 is 8.42 Å². The molecule has 104 valence electrons. The van der Waals surface area contributed by atoms with Gasteiger partial charge in [0.1, 0.15) is 0 Å². The van der Waals surface area contributed by atoms with Crippen molar-refractivity contribution in [3.8, 4) is 0 Å². The van der Waals surface area contributed by atoms with Crippen LogP contribution in [0.1, 0.15) is 27.2 Å². The van der Waals surface area contributed by atoms with Gasteiger partial charge in [-0.1, -0.05) is 20.8 Å². The van der Waals surface area contributed by atoms with Gasteiger partial charge in [-0.15, -0.1) is 0 Å². The van der Waals surface area contributed by atoms with E-state index >= 15 is 0 Å². The number of rotatable bonds is 7. The molecule has 0 aromatic carbocycles. The summed E-state index contributed by atoms with van der Waals surface area (Å²) in [6.45, 7) is 7.96. The van der Waals surface area contributed by atoms with Crippen molar-refractivity contribution in [2.45, 2.75) is 27.2 Å². The zero-order valence-corrected chi connectivity index (χ0v) is 12.8. The summed E-state index contributed by atoms with van der Waals surface area (Å²) in [5.41, 5.74) is -0.0341. The van der Waals surface area contributed by atoms with E-state index in [0.717, 1.165) is 13.0 Å². The van der Waals surface area contributed by atoms with Crippen LogP contribution in [0.4, 0.5) is 0 Å². The molecule has 0 atom stereocenters. The van der Waals surface area contributed by atoms with Gasteiger partial charge in [-0.25, -0.2) is 0 Å². The quantitative estimate of drug-likeness (QED) is 0.691. The largest absolute Gasteiger partial charge is 0.320 e. The van der Waals surface area contributed by atoms with Crippen molar-refractivity contribution in [3.63, 3.8) is 0 Å². The fourth-order valence-electron chi connectivity index (χ4n) is 1.58. The summed E-state index contributed by atoms with van der Waals surface area (Å²) in [6, 6.07) is 0. The van der Waals surface area contributed by atoms with Crippen molar-refractivity contribution in [1.29, 1.82) is 0 Å². The predicted molar refractivity (Wildman–Crippen MR) is 72.2 cm³/mol. The Morgan fingerprint density at radius 3 is 2.06 bits per heavy atom. The molecule has 0 amide bonds. The highest BCUT2D eigenvalue weighted by Crippen LogP contribution is 2.17. The molecule has 0 spiro atoms. The van der Waals surface area contributed by atoms with Crippen LogP contribution >= 0.6 is 0 Å². The molecule has 0 aromatic rings. The number of nitrogens with one attached hydrogen (secondary N) is 1. The number of hydrogen-bond acceptors (Lipinski definition) is 3. The summed E-state index contributed by atoms with van der Waals surface area (Å²) in [6.07, 6.45) is 0.815. The van der Waals surface area contributed by atoms with Gasteiger partial charge in [0, 0.05) is 27.2 Å². The third-order valence-electron chi connectivity index (χ3n) is 2.38. The Morgan fingerprint density at radius 2 is 1.65 bits per heavy atom. The Kier molecular flexibility index (Phi) is 6.61. The van der Waals surface area contributed by atoms with Crippen molar-refractivity contribution in [2.24, 2.45) is 5.41 Å². The van der Waals surface area contributed by atoms with Crippen LogP contribution in [0.25, 0.3) is 0 Å². The second kappa shape index (κ2) is 6.68. The second-order valence-corrected chi connectivity index (χ2v) is 7.75. The van der Waals surface area contributed by atoms with E-state index in [2.05, 4.69) is 5.32 Å². The Bertz CT molecular complexity index is 309. The molecular formula is C11H27N3O2S. The lowest BCUT2D eigenvalue weighted by molar-refractivity contribution is 0.293. The van der Waals surface area contributed by atoms with E-state index in [0.29, 0.717) is 13.1 Å². The zero-order valence-electron chi connectivity index (χ0n) is 11.9. The molecule has 6 heteroatoms. The predicted octanol–water partition coefficient (Wildman–Crippen LogP) is 0.750. The minimum absolute atomic E-state index is 0.0341. The minimum Gasteiger partial charge on any atom is -0.320 e. The van der Waals surface area contributed by atoms with E-state index in [4.69, 9.17) is 0 Å². The summed E-state index contributed by atoms with van der Waals surface area (Å²) in [5.74, 6) is 0. The molecule has 0 unspecified atom stereocenters. The van der Waals surface area contributed by atoms with Crippen LogP contribution < -0.4 is 5.32 Å². The van der Waals surface area contributed by atoms with Gasteiger partial charge < -0.3 is 5.32 Å². The van der Waals surface area contributed by atoms with E-state index < -0.39 is 10.2 Å². The van der Waals surface area contributed by atoms with Crippen LogP contribution in [0.5, 0.6) is 0 Å². The van der Waals surface area contributed by atoms with E-state index in [1.54, 1.807) is 14.1 Å². The summed E-state index contributed by atoms with van der Waals surface area (Å²) >= 11 is 0. The third kappa shape index (κ3) is 6.35. The van der Waals surface area contributed by atoms with Crippen LogP contribution in [-0.4, -0.2) is 57.8 Å². The maximum atomic E-state index is 12.1. The van der Waals surface area contributed by atoms with Crippen LogP contribution in [-0.2, 0) is 10.2 Å². The number of nitrogens with zero attached hydrogens (tertiary/aromatic N) is 2. The van der Waals surface area contributed by atoms with Gasteiger partial charge in [-0.3, -0.25) is 0 Å². The van der Waals surface area contributed by atoms with Crippen molar-refractivity contribution in [3.05, 3.63) is 0 Å². The molecule has 0 rings (SSSR count). The first-order valence-corrected chi connectivity index (χ1v) is 7.33. The lowest BCUT2D eigenvalue weighted by Gasteiger charge is -2.29. The monoisotopic (exact) mass is 265 g/mol. The topological polar surface area (TPSA) is 52.7 Å². The van der Waals surface area contributed by atoms with E-state index in [-0.39, 0.29) is 5.41 Å². The Balaban J connectivity index is 4.44. The molecular weight excluding hydrogens is 238 g/mol. The highest BCUT2D eigenvalue weighted by Gasteiger charge is 2.26. The second-order valence-electron chi connectivity index (χ2n) is 5.60. The molecule has 0 bridgehead atoms. The van der Waals surface area contributed by atoms with Gasteiger partial charge >= 0.3 is 0 Å². The molecule has 0 aliphatic rings. The van der Waals surface area contributed by atoms with E-state index in [1.165, 1.54) is 8.61 Å². The van der Waals surface area contributed by atoms with Crippen LogP contribution in [0.15, 0.2) is 0 Å². The van der Waals surface area contributed by atoms with Gasteiger partial charge in [-0.05, 0) is 25.4 Å². The maximum absolute atomic E-state index is 12.1. The molecule has 0 fully saturated rings. The average Bonchev–Trinajstić information content (AvgIpc) is 2.15. The normalized spacial score (nSPS) is 13.6. The summed E-state index contributed by atoms with van der Waals surface area (Å²) in [7, 11) is 1.81. The molecule has 0 radical (unpaired) electrons. The Labute approximate surface area is 106 Å². The highest BCUT2D eigenvalue weighted by atomic mass is 32.2. The van der Waals surface area contributed by atoms with Crippen molar-refractivity contribution >= 4 is 10.2 Å². The first-order chi connectivity index (χ1) is 7.61. The Hall–Kier alpha value is -0.170. The van der Waals surface area contributed by atoms with Crippen molar-refractivity contribution in [1.82, 2.24) is 13.9 Å². The smallest absolute Gasteiger partial charge is 0.281 e. The molecule has 0 aliphatic heterocycles. The van der Waals surface area contributed by atoms with Crippen LogP contribution in [0, 0.1) is 5.41 Å². The fourth-order valence-corrected chi connectivity index (χ4v) is 2.97. The standard InChI is InChI=1S/C11H27N3O2S/c1-11(2,3)10-14(6)17(15,16)13(5)9-7-8-12-4/h12H,7-10H2,1-6H3. The van der Waals surface area contributed by atoms with Crippen LogP contribution in [0.3, 0.4) is 0 Å². The Morgan fingerprint density at radius 1 is 1.12 bits per heavy atom.